The van der Waals surface area contributed by atoms with E-state index in [1.807, 2.05) is 19.9 Å². The number of halogens is 1. The van der Waals surface area contributed by atoms with Gasteiger partial charge < -0.3 is 10.1 Å². The summed E-state index contributed by atoms with van der Waals surface area (Å²) in [6.07, 6.45) is 0. The lowest BCUT2D eigenvalue weighted by Gasteiger charge is -2.08. The van der Waals surface area contributed by atoms with E-state index < -0.39 is 0 Å². The second-order valence-corrected chi connectivity index (χ2v) is 4.09. The highest BCUT2D eigenvalue weighted by Crippen LogP contribution is 2.13. The first kappa shape index (κ1) is 13.3. The van der Waals surface area contributed by atoms with E-state index in [1.54, 1.807) is 12.1 Å². The van der Waals surface area contributed by atoms with Crippen LogP contribution in [0.25, 0.3) is 0 Å². The third-order valence-electron chi connectivity index (χ3n) is 2.46. The van der Waals surface area contributed by atoms with Crippen molar-refractivity contribution in [2.75, 3.05) is 11.9 Å². The zero-order valence-corrected chi connectivity index (χ0v) is 11.0. The first-order valence-electron chi connectivity index (χ1n) is 6.14. The molecule has 0 spiro atoms. The molecule has 4 nitrogen and oxygen atoms in total. The summed E-state index contributed by atoms with van der Waals surface area (Å²) in [5, 5.41) is 3.06. The fraction of sp³-hybridized carbons (Fsp3) is 0.286. The standard InChI is InChI=1S/C14H16FN3O/c1-3-19-13-7-10(2)17-14(18-13)16-9-11-5-4-6-12(15)8-11/h4-8H,3,9H2,1-2H3,(H,16,17,18). The predicted molar refractivity (Wildman–Crippen MR) is 71.7 cm³/mol. The van der Waals surface area contributed by atoms with Gasteiger partial charge in [-0.05, 0) is 31.5 Å². The van der Waals surface area contributed by atoms with E-state index in [4.69, 9.17) is 4.74 Å². The van der Waals surface area contributed by atoms with Gasteiger partial charge in [0.2, 0.25) is 11.8 Å². The molecule has 19 heavy (non-hydrogen) atoms. The molecule has 1 heterocycles. The molecule has 0 aliphatic carbocycles. The Morgan fingerprint density at radius 1 is 1.26 bits per heavy atom. The molecule has 0 bridgehead atoms. The van der Waals surface area contributed by atoms with Crippen LogP contribution < -0.4 is 10.1 Å². The first-order valence-corrected chi connectivity index (χ1v) is 6.14. The molecule has 0 aliphatic rings. The number of benzene rings is 1. The highest BCUT2D eigenvalue weighted by molar-refractivity contribution is 5.32. The van der Waals surface area contributed by atoms with Crippen LogP contribution >= 0.6 is 0 Å². The van der Waals surface area contributed by atoms with Crippen molar-refractivity contribution in [3.8, 4) is 5.88 Å². The summed E-state index contributed by atoms with van der Waals surface area (Å²) in [4.78, 5) is 8.48. The minimum absolute atomic E-state index is 0.250. The molecule has 2 rings (SSSR count). The minimum Gasteiger partial charge on any atom is -0.478 e. The van der Waals surface area contributed by atoms with Gasteiger partial charge in [-0.25, -0.2) is 9.37 Å². The quantitative estimate of drug-likeness (QED) is 0.899. The smallest absolute Gasteiger partial charge is 0.226 e. The van der Waals surface area contributed by atoms with Crippen LogP contribution in [0.15, 0.2) is 30.3 Å². The summed E-state index contributed by atoms with van der Waals surface area (Å²) in [7, 11) is 0. The molecule has 0 radical (unpaired) electrons. The maximum absolute atomic E-state index is 13.0. The Labute approximate surface area is 111 Å². The van der Waals surface area contributed by atoms with Crippen LogP contribution in [0.3, 0.4) is 0 Å². The molecule has 0 unspecified atom stereocenters. The summed E-state index contributed by atoms with van der Waals surface area (Å²) in [5.74, 6) is 0.768. The lowest BCUT2D eigenvalue weighted by molar-refractivity contribution is 0.326. The number of hydrogen-bond donors (Lipinski definition) is 1. The zero-order chi connectivity index (χ0) is 13.7. The van der Waals surface area contributed by atoms with Gasteiger partial charge in [0.25, 0.3) is 0 Å². The molecular weight excluding hydrogens is 245 g/mol. The average molecular weight is 261 g/mol. The lowest BCUT2D eigenvalue weighted by atomic mass is 10.2. The van der Waals surface area contributed by atoms with Gasteiger partial charge in [0.15, 0.2) is 0 Å². The van der Waals surface area contributed by atoms with Gasteiger partial charge in [-0.2, -0.15) is 4.98 Å². The Balaban J connectivity index is 2.06. The van der Waals surface area contributed by atoms with Crippen LogP contribution in [0.2, 0.25) is 0 Å². The number of nitrogens with zero attached hydrogens (tertiary/aromatic N) is 2. The number of hydrogen-bond acceptors (Lipinski definition) is 4. The highest BCUT2D eigenvalue weighted by atomic mass is 19.1. The molecule has 5 heteroatoms. The third kappa shape index (κ3) is 3.91. The molecule has 100 valence electrons. The molecule has 0 amide bonds. The SMILES string of the molecule is CCOc1cc(C)nc(NCc2cccc(F)c2)n1. The molecule has 2 aromatic rings. The fourth-order valence-electron chi connectivity index (χ4n) is 1.67. The number of ether oxygens (including phenoxy) is 1. The van der Waals surface area contributed by atoms with Crippen LogP contribution in [-0.4, -0.2) is 16.6 Å². The zero-order valence-electron chi connectivity index (χ0n) is 11.0. The number of rotatable bonds is 5. The number of aromatic nitrogens is 2. The minimum atomic E-state index is -0.250. The maximum Gasteiger partial charge on any atom is 0.226 e. The van der Waals surface area contributed by atoms with Crippen LogP contribution in [0.5, 0.6) is 5.88 Å². The Hall–Kier alpha value is -2.17. The lowest BCUT2D eigenvalue weighted by Crippen LogP contribution is -2.06. The fourth-order valence-corrected chi connectivity index (χ4v) is 1.67. The molecule has 0 fully saturated rings. The molecular formula is C14H16FN3O. The van der Waals surface area contributed by atoms with Gasteiger partial charge in [-0.15, -0.1) is 0 Å². The second-order valence-electron chi connectivity index (χ2n) is 4.09. The number of anilines is 1. The summed E-state index contributed by atoms with van der Waals surface area (Å²) in [6.45, 7) is 4.79. The van der Waals surface area contributed by atoms with E-state index >= 15 is 0 Å². The van der Waals surface area contributed by atoms with E-state index in [-0.39, 0.29) is 5.82 Å². The van der Waals surface area contributed by atoms with Gasteiger partial charge in [-0.1, -0.05) is 12.1 Å². The molecule has 0 atom stereocenters. The molecule has 1 N–H and O–H groups in total. The Morgan fingerprint density at radius 2 is 2.11 bits per heavy atom. The second kappa shape index (κ2) is 6.13. The van der Waals surface area contributed by atoms with E-state index in [0.29, 0.717) is 25.0 Å². The average Bonchev–Trinajstić information content (AvgIpc) is 2.36. The number of aryl methyl sites for hydroxylation is 1. The van der Waals surface area contributed by atoms with Gasteiger partial charge in [0.1, 0.15) is 5.82 Å². The van der Waals surface area contributed by atoms with Crippen LogP contribution in [0.1, 0.15) is 18.2 Å². The van der Waals surface area contributed by atoms with Crippen molar-refractivity contribution in [2.45, 2.75) is 20.4 Å². The van der Waals surface area contributed by atoms with E-state index in [1.165, 1.54) is 12.1 Å². The van der Waals surface area contributed by atoms with Crippen molar-refractivity contribution in [3.63, 3.8) is 0 Å². The van der Waals surface area contributed by atoms with Crippen molar-refractivity contribution >= 4 is 5.95 Å². The summed E-state index contributed by atoms with van der Waals surface area (Å²) in [5.41, 5.74) is 1.66. The van der Waals surface area contributed by atoms with E-state index in [2.05, 4.69) is 15.3 Å². The monoisotopic (exact) mass is 261 g/mol. The third-order valence-corrected chi connectivity index (χ3v) is 2.46. The Morgan fingerprint density at radius 3 is 2.84 bits per heavy atom. The van der Waals surface area contributed by atoms with E-state index in [0.717, 1.165) is 11.3 Å². The van der Waals surface area contributed by atoms with Crippen LogP contribution in [-0.2, 0) is 6.54 Å². The molecule has 0 aliphatic heterocycles. The van der Waals surface area contributed by atoms with Crippen molar-refractivity contribution in [2.24, 2.45) is 0 Å². The van der Waals surface area contributed by atoms with Gasteiger partial charge in [-0.3, -0.25) is 0 Å². The largest absolute Gasteiger partial charge is 0.478 e. The van der Waals surface area contributed by atoms with Crippen LogP contribution in [0, 0.1) is 12.7 Å². The summed E-state index contributed by atoms with van der Waals surface area (Å²) >= 11 is 0. The highest BCUT2D eigenvalue weighted by Gasteiger charge is 2.03. The van der Waals surface area contributed by atoms with E-state index in [9.17, 15) is 4.39 Å². The molecule has 1 aromatic carbocycles. The summed E-state index contributed by atoms with van der Waals surface area (Å²) < 4.78 is 18.4. The predicted octanol–water partition coefficient (Wildman–Crippen LogP) is 2.93. The Kier molecular flexibility index (Phi) is 4.28. The van der Waals surface area contributed by atoms with Gasteiger partial charge >= 0.3 is 0 Å². The topological polar surface area (TPSA) is 47.0 Å². The normalized spacial score (nSPS) is 10.3. The number of nitrogens with one attached hydrogen (secondary N) is 1. The van der Waals surface area contributed by atoms with Crippen molar-refractivity contribution in [1.82, 2.24) is 9.97 Å². The molecule has 1 aromatic heterocycles. The van der Waals surface area contributed by atoms with Gasteiger partial charge in [0, 0.05) is 18.3 Å². The van der Waals surface area contributed by atoms with Crippen molar-refractivity contribution < 1.29 is 9.13 Å². The molecule has 0 saturated carbocycles. The maximum atomic E-state index is 13.0. The van der Waals surface area contributed by atoms with Crippen LogP contribution in [0.4, 0.5) is 10.3 Å². The first-order chi connectivity index (χ1) is 9.17. The summed E-state index contributed by atoms with van der Waals surface area (Å²) in [6, 6.07) is 8.19. The molecule has 0 saturated heterocycles. The Bertz CT molecular complexity index is 560. The van der Waals surface area contributed by atoms with Crippen molar-refractivity contribution in [1.29, 1.82) is 0 Å². The van der Waals surface area contributed by atoms with Crippen molar-refractivity contribution in [3.05, 3.63) is 47.4 Å². The van der Waals surface area contributed by atoms with Gasteiger partial charge in [0.05, 0.1) is 6.61 Å².